The van der Waals surface area contributed by atoms with E-state index in [4.69, 9.17) is 6.30 Å². The van der Waals surface area contributed by atoms with Crippen molar-refractivity contribution in [2.45, 2.75) is 0 Å². The fourth-order valence-corrected chi connectivity index (χ4v) is 9.82. The zero-order chi connectivity index (χ0) is 30.9. The molecule has 0 aliphatic heterocycles. The maximum atomic E-state index is 4.96. The Balaban J connectivity index is 1.30. The molecular formula is C45H33P. The number of benzene rings is 8. The van der Waals surface area contributed by atoms with Gasteiger partial charge in [0.15, 0.2) is 0 Å². The summed E-state index contributed by atoms with van der Waals surface area (Å²) in [7, 11) is 0. The van der Waals surface area contributed by atoms with Crippen molar-refractivity contribution in [2.75, 3.05) is 0 Å². The molecule has 0 unspecified atom stereocenters. The third-order valence-electron chi connectivity index (χ3n) is 9.20. The molecule has 0 aliphatic rings. The van der Waals surface area contributed by atoms with Crippen LogP contribution in [0.15, 0.2) is 188 Å². The molecular weight excluding hydrogens is 571 g/mol. The summed E-state index contributed by atoms with van der Waals surface area (Å²) in [5.74, 6) is 0. The molecule has 0 amide bonds. The van der Waals surface area contributed by atoms with E-state index in [-0.39, 0.29) is 0 Å². The summed E-state index contributed by atoms with van der Waals surface area (Å²) in [6.45, 7) is -2.06. The lowest BCUT2D eigenvalue weighted by molar-refractivity contribution is 1.61. The van der Waals surface area contributed by atoms with Crippen LogP contribution >= 0.6 is 6.89 Å². The third kappa shape index (κ3) is 4.80. The summed E-state index contributed by atoms with van der Waals surface area (Å²) in [5, 5.41) is 8.90. The molecule has 0 radical (unpaired) electrons. The molecule has 0 heterocycles. The van der Waals surface area contributed by atoms with E-state index in [2.05, 4.69) is 188 Å². The van der Waals surface area contributed by atoms with Crippen molar-refractivity contribution in [1.29, 1.82) is 0 Å². The lowest BCUT2D eigenvalue weighted by Crippen LogP contribution is -2.25. The summed E-state index contributed by atoms with van der Waals surface area (Å²) in [4.78, 5) is 0. The van der Waals surface area contributed by atoms with Gasteiger partial charge in [-0.2, -0.15) is 0 Å². The van der Waals surface area contributed by atoms with Gasteiger partial charge in [0.2, 0.25) is 0 Å². The first-order valence-electron chi connectivity index (χ1n) is 15.8. The first-order chi connectivity index (χ1) is 22.7. The Morgan fingerprint density at radius 3 is 0.957 bits per heavy atom. The maximum absolute atomic E-state index is 4.96. The third-order valence-corrected chi connectivity index (χ3v) is 12.7. The minimum absolute atomic E-state index is 1.22. The van der Waals surface area contributed by atoms with Crippen molar-refractivity contribution in [1.82, 2.24) is 0 Å². The SMILES string of the molecule is C=P(c1ccccc1)(c1ccccc1)c1ccc(-c2c3ccccc3c(-c3ccc(-c4ccccc4)cc3)c3ccccc23)cc1. The van der Waals surface area contributed by atoms with Crippen LogP contribution in [0, 0.1) is 0 Å². The van der Waals surface area contributed by atoms with Crippen molar-refractivity contribution >= 4 is 50.6 Å². The zero-order valence-corrected chi connectivity index (χ0v) is 26.4. The highest BCUT2D eigenvalue weighted by Gasteiger charge is 2.23. The van der Waals surface area contributed by atoms with E-state index >= 15 is 0 Å². The molecule has 0 saturated heterocycles. The van der Waals surface area contributed by atoms with Crippen molar-refractivity contribution in [3.05, 3.63) is 188 Å². The van der Waals surface area contributed by atoms with Gasteiger partial charge in [0.1, 0.15) is 0 Å². The number of hydrogen-bond donors (Lipinski definition) is 0. The number of fused-ring (bicyclic) bond motifs is 2. The molecule has 0 saturated carbocycles. The van der Waals surface area contributed by atoms with E-state index in [1.165, 1.54) is 70.8 Å². The Morgan fingerprint density at radius 2 is 0.543 bits per heavy atom. The van der Waals surface area contributed by atoms with Gasteiger partial charge in [-0.25, -0.2) is 0 Å². The highest BCUT2D eigenvalue weighted by molar-refractivity contribution is 7.93. The van der Waals surface area contributed by atoms with Crippen molar-refractivity contribution in [2.24, 2.45) is 0 Å². The molecule has 0 atom stereocenters. The molecule has 0 bridgehead atoms. The number of rotatable bonds is 6. The van der Waals surface area contributed by atoms with Crippen LogP contribution in [-0.4, -0.2) is 6.30 Å². The summed E-state index contributed by atoms with van der Waals surface area (Å²) < 4.78 is 0. The van der Waals surface area contributed by atoms with Crippen LogP contribution in [0.2, 0.25) is 0 Å². The van der Waals surface area contributed by atoms with Crippen molar-refractivity contribution in [3.63, 3.8) is 0 Å². The molecule has 0 aliphatic carbocycles. The van der Waals surface area contributed by atoms with E-state index in [0.29, 0.717) is 0 Å². The Bertz CT molecular complexity index is 2240. The summed E-state index contributed by atoms with van der Waals surface area (Å²) in [6, 6.07) is 68.2. The van der Waals surface area contributed by atoms with Gasteiger partial charge in [-0.15, -0.1) is 0 Å². The van der Waals surface area contributed by atoms with Crippen LogP contribution in [0.25, 0.3) is 54.9 Å². The molecule has 8 aromatic rings. The molecule has 0 fully saturated rings. The molecule has 218 valence electrons. The van der Waals surface area contributed by atoms with Crippen LogP contribution < -0.4 is 15.9 Å². The van der Waals surface area contributed by atoms with Gasteiger partial charge < -0.3 is 0 Å². The molecule has 0 spiro atoms. The van der Waals surface area contributed by atoms with E-state index in [1.54, 1.807) is 0 Å². The Hall–Kier alpha value is -5.42. The Kier molecular flexibility index (Phi) is 7.22. The average molecular weight is 605 g/mol. The average Bonchev–Trinajstić information content (AvgIpc) is 3.15. The van der Waals surface area contributed by atoms with Gasteiger partial charge in [0.05, 0.1) is 0 Å². The van der Waals surface area contributed by atoms with Crippen LogP contribution in [0.1, 0.15) is 0 Å². The monoisotopic (exact) mass is 604 g/mol. The predicted molar refractivity (Wildman–Crippen MR) is 204 cm³/mol. The van der Waals surface area contributed by atoms with Crippen LogP contribution in [0.4, 0.5) is 0 Å². The first kappa shape index (κ1) is 28.1. The van der Waals surface area contributed by atoms with Gasteiger partial charge in [-0.3, -0.25) is 0 Å². The van der Waals surface area contributed by atoms with Gasteiger partial charge >= 0.3 is 0 Å². The standard InChI is InChI=1S/C45H33P/c1-46(37-17-7-3-8-18-37,38-19-9-4-10-20-38)39-31-29-36(30-32-39)45-42-23-13-11-21-40(42)44(41-22-12-14-24-43(41)45)35-27-25-34(26-28-35)33-15-5-2-6-16-33/h2-32H,1H2. The molecule has 8 rings (SSSR count). The molecule has 46 heavy (non-hydrogen) atoms. The maximum Gasteiger partial charge on any atom is -0.00264 e. The van der Waals surface area contributed by atoms with Crippen molar-refractivity contribution in [3.8, 4) is 33.4 Å². The van der Waals surface area contributed by atoms with Gasteiger partial charge in [-0.1, -0.05) is 194 Å². The van der Waals surface area contributed by atoms with Crippen LogP contribution in [0.3, 0.4) is 0 Å². The second kappa shape index (κ2) is 11.8. The van der Waals surface area contributed by atoms with Gasteiger partial charge in [0, 0.05) is 0 Å². The zero-order valence-electron chi connectivity index (χ0n) is 25.6. The Labute approximate surface area is 271 Å². The lowest BCUT2D eigenvalue weighted by atomic mass is 9.86. The largest absolute Gasteiger partial charge is 0.0887 e. The minimum atomic E-state index is -2.06. The van der Waals surface area contributed by atoms with E-state index in [1.807, 2.05) is 0 Å². The molecule has 0 aromatic heterocycles. The van der Waals surface area contributed by atoms with Crippen LogP contribution in [-0.2, 0) is 0 Å². The topological polar surface area (TPSA) is 0 Å². The Morgan fingerprint density at radius 1 is 0.261 bits per heavy atom. The van der Waals surface area contributed by atoms with E-state index < -0.39 is 6.89 Å². The molecule has 0 nitrogen and oxygen atoms in total. The first-order valence-corrected chi connectivity index (χ1v) is 17.7. The van der Waals surface area contributed by atoms with Crippen molar-refractivity contribution < 1.29 is 0 Å². The fourth-order valence-electron chi connectivity index (χ4n) is 6.91. The van der Waals surface area contributed by atoms with Gasteiger partial charge in [-0.05, 0) is 77.7 Å². The smallest absolute Gasteiger partial charge is 0.00264 e. The summed E-state index contributed by atoms with van der Waals surface area (Å²) in [6.07, 6.45) is 4.96. The predicted octanol–water partition coefficient (Wildman–Crippen LogP) is 10.7. The van der Waals surface area contributed by atoms with E-state index in [9.17, 15) is 0 Å². The molecule has 0 N–H and O–H groups in total. The fraction of sp³-hybridized carbons (Fsp3) is 0. The van der Waals surface area contributed by atoms with Crippen LogP contribution in [0.5, 0.6) is 0 Å². The second-order valence-corrected chi connectivity index (χ2v) is 15.0. The highest BCUT2D eigenvalue weighted by atomic mass is 31.2. The highest BCUT2D eigenvalue weighted by Crippen LogP contribution is 2.45. The molecule has 1 heteroatoms. The quantitative estimate of drug-likeness (QED) is 0.131. The summed E-state index contributed by atoms with van der Waals surface area (Å²) in [5.41, 5.74) is 7.46. The molecule has 8 aromatic carbocycles. The second-order valence-electron chi connectivity index (χ2n) is 11.8. The normalized spacial score (nSPS) is 11.6. The van der Waals surface area contributed by atoms with Gasteiger partial charge in [0.25, 0.3) is 0 Å². The number of hydrogen-bond acceptors (Lipinski definition) is 0. The minimum Gasteiger partial charge on any atom is -0.0887 e. The summed E-state index contributed by atoms with van der Waals surface area (Å²) >= 11 is 0. The van der Waals surface area contributed by atoms with E-state index in [0.717, 1.165) is 0 Å². The lowest BCUT2D eigenvalue weighted by Gasteiger charge is -2.27.